The molecule has 14 nitrogen and oxygen atoms in total. The standard InChI is InChI=1S/C45H49N9O5/c1-46-37-11-13-39(36-3-2-18-47-42(36)37)59-34-8-5-32(6-9-34)49-43(56)30-4-14-40(48-26-30)53-19-16-29(17-20-53)27-51-21-23-52(24-22-51)33-7-10-35-31(25-33)28-54(45(35)58)38-12-15-41(55)50-44(38)57/h2-4,7,10-11,13-14,18,25-26,29,32,34,38H,5-6,8-9,12,15-17,19-24,27-28H2,(H,49,56)(H,50,55,57)/t32?,34?,38-/m0/s1. The molecule has 304 valence electrons. The van der Waals surface area contributed by atoms with Crippen molar-refractivity contribution in [2.24, 2.45) is 5.92 Å². The van der Waals surface area contributed by atoms with Crippen molar-refractivity contribution in [1.82, 2.24) is 30.4 Å². The van der Waals surface area contributed by atoms with Gasteiger partial charge >= 0.3 is 0 Å². The fraction of sp³-hybridized carbons (Fsp3) is 0.444. The summed E-state index contributed by atoms with van der Waals surface area (Å²) in [5, 5.41) is 6.44. The van der Waals surface area contributed by atoms with Crippen molar-refractivity contribution in [1.29, 1.82) is 0 Å². The molecule has 3 saturated heterocycles. The molecule has 0 bridgehead atoms. The molecule has 0 radical (unpaired) electrons. The SMILES string of the molecule is [C-]#[N+]c1ccc(OC2CCC(NC(=O)c3ccc(N4CCC(CN5CCN(c6ccc7c(c6)CN([C@H]6CCC(=O)NC6=O)C7=O)CC5)CC4)nc3)CC2)c2cccnc12. The minimum Gasteiger partial charge on any atom is -0.490 e. The zero-order valence-electron chi connectivity index (χ0n) is 33.1. The molecule has 0 unspecified atom stereocenters. The maximum atomic E-state index is 13.2. The number of hydrogen-bond donors (Lipinski definition) is 2. The fourth-order valence-corrected chi connectivity index (χ4v) is 9.46. The van der Waals surface area contributed by atoms with Crippen molar-refractivity contribution in [3.8, 4) is 5.75 Å². The fourth-order valence-electron chi connectivity index (χ4n) is 9.46. The van der Waals surface area contributed by atoms with E-state index >= 15 is 0 Å². The minimum atomic E-state index is -0.602. The van der Waals surface area contributed by atoms with Gasteiger partial charge in [0.2, 0.25) is 17.5 Å². The number of fused-ring (bicyclic) bond motifs is 2. The van der Waals surface area contributed by atoms with E-state index in [1.807, 2.05) is 42.5 Å². The Morgan fingerprint density at radius 2 is 1.69 bits per heavy atom. The van der Waals surface area contributed by atoms with Crippen LogP contribution in [0, 0.1) is 12.5 Å². The maximum Gasteiger partial charge on any atom is 0.255 e. The maximum absolute atomic E-state index is 13.2. The number of rotatable bonds is 9. The van der Waals surface area contributed by atoms with Gasteiger partial charge in [-0.1, -0.05) is 6.07 Å². The summed E-state index contributed by atoms with van der Waals surface area (Å²) >= 11 is 0. The number of imide groups is 1. The predicted molar refractivity (Wildman–Crippen MR) is 222 cm³/mol. The second kappa shape index (κ2) is 16.7. The number of amides is 4. The molecule has 1 saturated carbocycles. The zero-order valence-corrected chi connectivity index (χ0v) is 33.1. The number of piperidine rings is 2. The lowest BCUT2D eigenvalue weighted by Gasteiger charge is -2.40. The molecule has 4 aliphatic heterocycles. The summed E-state index contributed by atoms with van der Waals surface area (Å²) < 4.78 is 6.38. The Labute approximate surface area is 343 Å². The van der Waals surface area contributed by atoms with Crippen LogP contribution in [0.1, 0.15) is 77.6 Å². The molecule has 1 aliphatic carbocycles. The molecule has 4 amide bonds. The van der Waals surface area contributed by atoms with Gasteiger partial charge in [0.1, 0.15) is 17.6 Å². The highest BCUT2D eigenvalue weighted by atomic mass is 16.5. The molecule has 4 aromatic rings. The third-order valence-corrected chi connectivity index (χ3v) is 12.8. The molecule has 1 atom stereocenters. The molecule has 6 heterocycles. The number of nitrogens with zero attached hydrogens (tertiary/aromatic N) is 7. The third kappa shape index (κ3) is 8.16. The highest BCUT2D eigenvalue weighted by molar-refractivity contribution is 6.05. The molecule has 2 aromatic carbocycles. The van der Waals surface area contributed by atoms with Gasteiger partial charge in [-0.2, -0.15) is 0 Å². The molecular formula is C45H49N9O5. The van der Waals surface area contributed by atoms with Crippen molar-refractivity contribution in [3.05, 3.63) is 95.1 Å². The van der Waals surface area contributed by atoms with Gasteiger partial charge in [-0.05, 0) is 105 Å². The van der Waals surface area contributed by atoms with Crippen LogP contribution in [0.2, 0.25) is 0 Å². The largest absolute Gasteiger partial charge is 0.490 e. The third-order valence-electron chi connectivity index (χ3n) is 12.8. The van der Waals surface area contributed by atoms with Crippen molar-refractivity contribution in [2.75, 3.05) is 55.6 Å². The Bertz CT molecular complexity index is 2290. The molecule has 4 fully saturated rings. The van der Waals surface area contributed by atoms with E-state index in [0.717, 1.165) is 113 Å². The number of carbonyl (C=O) groups excluding carboxylic acids is 4. The summed E-state index contributed by atoms with van der Waals surface area (Å²) in [4.78, 5) is 72.0. The van der Waals surface area contributed by atoms with Gasteiger partial charge in [0.25, 0.3) is 11.8 Å². The Hall–Kier alpha value is -6.07. The molecule has 9 rings (SSSR count). The second-order valence-corrected chi connectivity index (χ2v) is 16.5. The first-order valence-corrected chi connectivity index (χ1v) is 21.0. The molecule has 5 aliphatic rings. The Balaban J connectivity index is 0.693. The van der Waals surface area contributed by atoms with Gasteiger partial charge in [-0.25, -0.2) is 9.83 Å². The number of nitrogens with one attached hydrogen (secondary N) is 2. The molecule has 59 heavy (non-hydrogen) atoms. The van der Waals surface area contributed by atoms with E-state index in [0.29, 0.717) is 41.2 Å². The van der Waals surface area contributed by atoms with E-state index in [2.05, 4.69) is 41.2 Å². The highest BCUT2D eigenvalue weighted by Crippen LogP contribution is 2.35. The molecular weight excluding hydrogens is 747 g/mol. The van der Waals surface area contributed by atoms with Crippen LogP contribution in [0.5, 0.6) is 5.75 Å². The summed E-state index contributed by atoms with van der Waals surface area (Å²) in [5.41, 5.74) is 4.44. The zero-order chi connectivity index (χ0) is 40.5. The first-order chi connectivity index (χ1) is 28.8. The van der Waals surface area contributed by atoms with Crippen LogP contribution in [0.25, 0.3) is 15.7 Å². The summed E-state index contributed by atoms with van der Waals surface area (Å²) in [6.45, 7) is 14.6. The van der Waals surface area contributed by atoms with E-state index < -0.39 is 6.04 Å². The number of hydrogen-bond acceptors (Lipinski definition) is 10. The van der Waals surface area contributed by atoms with Gasteiger partial charge < -0.3 is 24.8 Å². The number of benzene rings is 2. The molecule has 0 spiro atoms. The lowest BCUT2D eigenvalue weighted by molar-refractivity contribution is -0.136. The first kappa shape index (κ1) is 38.4. The van der Waals surface area contributed by atoms with Crippen LogP contribution in [-0.2, 0) is 16.1 Å². The van der Waals surface area contributed by atoms with Crippen LogP contribution in [0.4, 0.5) is 17.2 Å². The van der Waals surface area contributed by atoms with Gasteiger partial charge in [0.05, 0.1) is 23.8 Å². The van der Waals surface area contributed by atoms with Gasteiger partial charge in [0, 0.05) is 93.9 Å². The van der Waals surface area contributed by atoms with Gasteiger partial charge in [-0.3, -0.25) is 34.4 Å². The highest BCUT2D eigenvalue weighted by Gasteiger charge is 2.39. The first-order valence-electron chi connectivity index (χ1n) is 21.0. The van der Waals surface area contributed by atoms with Crippen molar-refractivity contribution in [2.45, 2.75) is 76.1 Å². The van der Waals surface area contributed by atoms with Crippen LogP contribution in [0.15, 0.2) is 67.0 Å². The number of pyridine rings is 2. The normalized spacial score (nSPS) is 22.9. The monoisotopic (exact) mass is 795 g/mol. The lowest BCUT2D eigenvalue weighted by atomic mass is 9.92. The average molecular weight is 796 g/mol. The van der Waals surface area contributed by atoms with Crippen LogP contribution < -0.4 is 25.2 Å². The molecule has 2 aromatic heterocycles. The number of aromatic nitrogens is 2. The average Bonchev–Trinajstić information content (AvgIpc) is 3.59. The number of carbonyl (C=O) groups is 4. The van der Waals surface area contributed by atoms with Crippen LogP contribution >= 0.6 is 0 Å². The minimum absolute atomic E-state index is 0.0424. The van der Waals surface area contributed by atoms with Gasteiger partial charge in [0.15, 0.2) is 0 Å². The predicted octanol–water partition coefficient (Wildman–Crippen LogP) is 5.10. The van der Waals surface area contributed by atoms with Crippen molar-refractivity contribution in [3.63, 3.8) is 0 Å². The second-order valence-electron chi connectivity index (χ2n) is 16.5. The van der Waals surface area contributed by atoms with Crippen LogP contribution in [-0.4, -0.2) is 107 Å². The smallest absolute Gasteiger partial charge is 0.255 e. The quantitative estimate of drug-likeness (QED) is 0.174. The van der Waals surface area contributed by atoms with E-state index in [1.54, 1.807) is 23.4 Å². The Kier molecular flexibility index (Phi) is 10.9. The molecule has 14 heteroatoms. The lowest BCUT2D eigenvalue weighted by Crippen LogP contribution is -2.52. The number of ether oxygens (including phenoxy) is 1. The topological polar surface area (TPSA) is 145 Å². The van der Waals surface area contributed by atoms with Crippen molar-refractivity contribution >= 4 is 51.7 Å². The van der Waals surface area contributed by atoms with E-state index in [9.17, 15) is 19.2 Å². The van der Waals surface area contributed by atoms with Gasteiger partial charge in [-0.15, -0.1) is 0 Å². The summed E-state index contributed by atoms with van der Waals surface area (Å²) in [7, 11) is 0. The molecule has 2 N–H and O–H groups in total. The Morgan fingerprint density at radius 1 is 0.881 bits per heavy atom. The number of anilines is 2. The van der Waals surface area contributed by atoms with E-state index in [4.69, 9.17) is 16.3 Å². The summed E-state index contributed by atoms with van der Waals surface area (Å²) in [6.07, 6.45) is 9.56. The Morgan fingerprint density at radius 3 is 2.44 bits per heavy atom. The van der Waals surface area contributed by atoms with Crippen LogP contribution in [0.3, 0.4) is 0 Å². The van der Waals surface area contributed by atoms with E-state index in [1.165, 1.54) is 0 Å². The summed E-state index contributed by atoms with van der Waals surface area (Å²) in [6, 6.07) is 16.8. The van der Waals surface area contributed by atoms with E-state index in [-0.39, 0.29) is 42.2 Å². The number of piperazine rings is 1. The van der Waals surface area contributed by atoms with Crippen molar-refractivity contribution < 1.29 is 23.9 Å². The summed E-state index contributed by atoms with van der Waals surface area (Å²) in [5.74, 6) is 1.38.